The van der Waals surface area contributed by atoms with Gasteiger partial charge >= 0.3 is 5.97 Å². The number of hydrogen-bond acceptors (Lipinski definition) is 8. The second-order valence-electron chi connectivity index (χ2n) is 7.25. The molecule has 1 heterocycles. The van der Waals surface area contributed by atoms with Gasteiger partial charge in [0, 0.05) is 24.7 Å². The topological polar surface area (TPSA) is 243 Å². The van der Waals surface area contributed by atoms with E-state index in [1.807, 2.05) is 0 Å². The third kappa shape index (κ3) is 8.69. The van der Waals surface area contributed by atoms with Gasteiger partial charge in [-0.15, -0.1) is 0 Å². The number of aromatic nitrogens is 2. The molecule has 1 aromatic rings. The molecule has 0 saturated carbocycles. The Bertz CT molecular complexity index is 813. The Labute approximate surface area is 183 Å². The maximum absolute atomic E-state index is 12.5. The summed E-state index contributed by atoms with van der Waals surface area (Å²) >= 11 is 0. The second kappa shape index (κ2) is 12.4. The number of aromatic amines is 1. The molecule has 1 rings (SSSR count). The summed E-state index contributed by atoms with van der Waals surface area (Å²) < 4.78 is 0. The molecule has 0 radical (unpaired) electrons. The molecule has 0 bridgehead atoms. The molecule has 5 atom stereocenters. The Balaban J connectivity index is 2.76. The number of carbonyl (C=O) groups is 5. The number of primary amides is 1. The maximum atomic E-state index is 12.5. The van der Waals surface area contributed by atoms with Gasteiger partial charge in [-0.25, -0.2) is 9.78 Å². The molecule has 14 heteroatoms. The minimum atomic E-state index is -1.63. The van der Waals surface area contributed by atoms with Crippen LogP contribution < -0.4 is 27.4 Å². The van der Waals surface area contributed by atoms with E-state index in [0.29, 0.717) is 5.69 Å². The van der Waals surface area contributed by atoms with E-state index in [-0.39, 0.29) is 19.3 Å². The number of carboxylic acid groups (broad SMARTS) is 1. The molecule has 14 nitrogen and oxygen atoms in total. The smallest absolute Gasteiger partial charge is 0.328 e. The summed E-state index contributed by atoms with van der Waals surface area (Å²) in [5.74, 6) is -4.57. The Morgan fingerprint density at radius 1 is 1.09 bits per heavy atom. The van der Waals surface area contributed by atoms with Crippen molar-refractivity contribution in [2.75, 3.05) is 0 Å². The predicted molar refractivity (Wildman–Crippen MR) is 109 cm³/mol. The second-order valence-corrected chi connectivity index (χ2v) is 7.25. The van der Waals surface area contributed by atoms with Gasteiger partial charge in [-0.3, -0.25) is 19.2 Å². The van der Waals surface area contributed by atoms with Crippen molar-refractivity contribution < 1.29 is 34.2 Å². The Morgan fingerprint density at radius 3 is 2.25 bits per heavy atom. The van der Waals surface area contributed by atoms with Crippen LogP contribution in [0.4, 0.5) is 0 Å². The SMILES string of the molecule is CC(NC(=O)C(N)Cc1cnc[nH]1)C(=O)NC(CCC(N)=O)C(=O)NC(C(=O)O)C(C)O. The molecule has 0 spiro atoms. The van der Waals surface area contributed by atoms with Crippen LogP contribution in [0.25, 0.3) is 0 Å². The van der Waals surface area contributed by atoms with Crippen LogP contribution in [0.2, 0.25) is 0 Å². The highest BCUT2D eigenvalue weighted by molar-refractivity contribution is 5.94. The number of amides is 4. The van der Waals surface area contributed by atoms with Gasteiger partial charge in [-0.1, -0.05) is 0 Å². The van der Waals surface area contributed by atoms with Crippen LogP contribution >= 0.6 is 0 Å². The zero-order valence-electron chi connectivity index (χ0n) is 17.7. The fourth-order valence-corrected chi connectivity index (χ4v) is 2.61. The Morgan fingerprint density at radius 2 is 1.75 bits per heavy atom. The standard InChI is InChI=1S/C18H29N7O7/c1-8(23-16(29)11(19)5-10-6-21-7-22-10)15(28)24-12(3-4-13(20)27)17(30)25-14(9(2)26)18(31)32/h6-9,11-12,14,26H,3-5,19H2,1-2H3,(H2,20,27)(H,21,22)(H,23,29)(H,24,28)(H,25,30)(H,31,32). The van der Waals surface area contributed by atoms with E-state index in [9.17, 15) is 29.1 Å². The number of carboxylic acids is 1. The summed E-state index contributed by atoms with van der Waals surface area (Å²) in [5, 5.41) is 25.5. The van der Waals surface area contributed by atoms with Gasteiger partial charge in [0.25, 0.3) is 0 Å². The number of aliphatic hydroxyl groups excluding tert-OH is 1. The lowest BCUT2D eigenvalue weighted by molar-refractivity contribution is -0.145. The first-order valence-corrected chi connectivity index (χ1v) is 9.75. The minimum Gasteiger partial charge on any atom is -0.480 e. The molecule has 32 heavy (non-hydrogen) atoms. The molecule has 5 unspecified atom stereocenters. The van der Waals surface area contributed by atoms with Crippen LogP contribution in [-0.4, -0.2) is 80.1 Å². The van der Waals surface area contributed by atoms with Crippen molar-refractivity contribution in [1.82, 2.24) is 25.9 Å². The van der Waals surface area contributed by atoms with E-state index in [1.165, 1.54) is 26.4 Å². The van der Waals surface area contributed by atoms with Crippen LogP contribution in [0, 0.1) is 0 Å². The van der Waals surface area contributed by atoms with Crippen LogP contribution in [0.15, 0.2) is 12.5 Å². The number of nitrogens with zero attached hydrogens (tertiary/aromatic N) is 1. The molecule has 0 aliphatic heterocycles. The first kappa shape index (κ1) is 26.5. The number of aliphatic hydroxyl groups is 1. The summed E-state index contributed by atoms with van der Waals surface area (Å²) in [5.41, 5.74) is 11.5. The quantitative estimate of drug-likeness (QED) is 0.147. The average Bonchev–Trinajstić information content (AvgIpc) is 3.20. The number of nitrogens with one attached hydrogen (secondary N) is 4. The summed E-state index contributed by atoms with van der Waals surface area (Å²) in [6.45, 7) is 2.52. The number of aliphatic carboxylic acids is 1. The molecule has 0 aliphatic rings. The third-order valence-corrected chi connectivity index (χ3v) is 4.44. The van der Waals surface area contributed by atoms with E-state index in [1.54, 1.807) is 0 Å². The van der Waals surface area contributed by atoms with Gasteiger partial charge < -0.3 is 42.6 Å². The number of H-pyrrole nitrogens is 1. The zero-order chi connectivity index (χ0) is 24.4. The summed E-state index contributed by atoms with van der Waals surface area (Å²) in [7, 11) is 0. The highest BCUT2D eigenvalue weighted by atomic mass is 16.4. The van der Waals surface area contributed by atoms with Gasteiger partial charge in [-0.05, 0) is 20.3 Å². The highest BCUT2D eigenvalue weighted by Gasteiger charge is 2.31. The van der Waals surface area contributed by atoms with Crippen LogP contribution in [0.5, 0.6) is 0 Å². The lowest BCUT2D eigenvalue weighted by atomic mass is 10.1. The van der Waals surface area contributed by atoms with Gasteiger partial charge in [0.2, 0.25) is 23.6 Å². The Hall–Kier alpha value is -3.52. The highest BCUT2D eigenvalue weighted by Crippen LogP contribution is 2.02. The van der Waals surface area contributed by atoms with Crippen molar-refractivity contribution in [3.63, 3.8) is 0 Å². The number of imidazole rings is 1. The van der Waals surface area contributed by atoms with Gasteiger partial charge in [-0.2, -0.15) is 0 Å². The number of carbonyl (C=O) groups excluding carboxylic acids is 4. The van der Waals surface area contributed by atoms with Gasteiger partial charge in [0.05, 0.1) is 18.5 Å². The van der Waals surface area contributed by atoms with E-state index in [0.717, 1.165) is 0 Å². The van der Waals surface area contributed by atoms with Crippen molar-refractivity contribution in [3.05, 3.63) is 18.2 Å². The summed E-state index contributed by atoms with van der Waals surface area (Å²) in [4.78, 5) is 66.1. The first-order chi connectivity index (χ1) is 14.9. The average molecular weight is 455 g/mol. The zero-order valence-corrected chi connectivity index (χ0v) is 17.7. The molecule has 4 amide bonds. The normalized spacial score (nSPS) is 15.5. The monoisotopic (exact) mass is 455 g/mol. The maximum Gasteiger partial charge on any atom is 0.328 e. The van der Waals surface area contributed by atoms with Crippen molar-refractivity contribution in [1.29, 1.82) is 0 Å². The molecule has 0 fully saturated rings. The predicted octanol–water partition coefficient (Wildman–Crippen LogP) is -3.52. The van der Waals surface area contributed by atoms with Crippen LogP contribution in [0.3, 0.4) is 0 Å². The number of rotatable bonds is 13. The molecule has 0 aliphatic carbocycles. The van der Waals surface area contributed by atoms with E-state index in [4.69, 9.17) is 16.6 Å². The molecule has 178 valence electrons. The molecular formula is C18H29N7O7. The number of nitrogens with two attached hydrogens (primary N) is 2. The van der Waals surface area contributed by atoms with Crippen molar-refractivity contribution in [3.8, 4) is 0 Å². The lowest BCUT2D eigenvalue weighted by Crippen LogP contribution is -2.57. The van der Waals surface area contributed by atoms with Gasteiger partial charge in [0.1, 0.15) is 12.1 Å². The van der Waals surface area contributed by atoms with Gasteiger partial charge in [0.15, 0.2) is 6.04 Å². The molecule has 1 aromatic heterocycles. The molecule has 0 aromatic carbocycles. The third-order valence-electron chi connectivity index (χ3n) is 4.44. The molecular weight excluding hydrogens is 426 g/mol. The molecule has 0 saturated heterocycles. The van der Waals surface area contributed by atoms with Crippen molar-refractivity contribution in [2.45, 2.75) is 63.4 Å². The molecule has 10 N–H and O–H groups in total. The van der Waals surface area contributed by atoms with Crippen LogP contribution in [0.1, 0.15) is 32.4 Å². The van der Waals surface area contributed by atoms with E-state index >= 15 is 0 Å². The van der Waals surface area contributed by atoms with E-state index < -0.39 is 59.9 Å². The fraction of sp³-hybridized carbons (Fsp3) is 0.556. The first-order valence-electron chi connectivity index (χ1n) is 9.75. The lowest BCUT2D eigenvalue weighted by Gasteiger charge is -2.24. The van der Waals surface area contributed by atoms with Crippen LogP contribution in [-0.2, 0) is 30.4 Å². The number of hydrogen-bond donors (Lipinski definition) is 8. The van der Waals surface area contributed by atoms with E-state index in [2.05, 4.69) is 25.9 Å². The summed E-state index contributed by atoms with van der Waals surface area (Å²) in [6, 6.07) is -5.05. The largest absolute Gasteiger partial charge is 0.480 e. The van der Waals surface area contributed by atoms with Crippen molar-refractivity contribution >= 4 is 29.6 Å². The van der Waals surface area contributed by atoms with Crippen molar-refractivity contribution in [2.24, 2.45) is 11.5 Å². The Kier molecular flexibility index (Phi) is 10.2. The summed E-state index contributed by atoms with van der Waals surface area (Å²) in [6.07, 6.45) is 1.17. The minimum absolute atomic E-state index is 0.153. The fourth-order valence-electron chi connectivity index (χ4n) is 2.61.